The summed E-state index contributed by atoms with van der Waals surface area (Å²) < 4.78 is 0. The van der Waals surface area contributed by atoms with Crippen LogP contribution >= 0.6 is 11.3 Å². The second-order valence-corrected chi connectivity index (χ2v) is 6.78. The van der Waals surface area contributed by atoms with E-state index in [1.165, 1.54) is 5.56 Å². The highest BCUT2D eigenvalue weighted by Gasteiger charge is 2.13. The summed E-state index contributed by atoms with van der Waals surface area (Å²) in [5, 5.41) is 15.6. The van der Waals surface area contributed by atoms with E-state index in [1.54, 1.807) is 23.7 Å². The van der Waals surface area contributed by atoms with Gasteiger partial charge >= 0.3 is 0 Å². The van der Waals surface area contributed by atoms with Crippen LogP contribution in [0.2, 0.25) is 0 Å². The lowest BCUT2D eigenvalue weighted by Gasteiger charge is -2.09. The average molecular weight is 356 g/mol. The highest BCUT2D eigenvalue weighted by atomic mass is 32.1. The number of anilines is 2. The first-order valence-electron chi connectivity index (χ1n) is 8.37. The summed E-state index contributed by atoms with van der Waals surface area (Å²) in [4.78, 5) is 9.80. The molecule has 0 spiro atoms. The Labute approximate surface area is 155 Å². The van der Waals surface area contributed by atoms with Gasteiger partial charge in [-0.05, 0) is 35.7 Å². The number of nitrogens with one attached hydrogen (secondary N) is 1. The van der Waals surface area contributed by atoms with E-state index in [9.17, 15) is 0 Å². The minimum Gasteiger partial charge on any atom is -0.340 e. The minimum absolute atomic E-state index is 0.612. The summed E-state index contributed by atoms with van der Waals surface area (Å²) in [5.41, 5.74) is 5.03. The van der Waals surface area contributed by atoms with Crippen molar-refractivity contribution in [1.82, 2.24) is 9.97 Å². The zero-order valence-electron chi connectivity index (χ0n) is 14.2. The summed E-state index contributed by atoms with van der Waals surface area (Å²) in [5.74, 6) is 0.751. The van der Waals surface area contributed by atoms with Crippen LogP contribution in [0.4, 0.5) is 11.5 Å². The van der Waals surface area contributed by atoms with Crippen molar-refractivity contribution in [3.8, 4) is 17.2 Å². The van der Waals surface area contributed by atoms with Gasteiger partial charge in [0, 0.05) is 16.6 Å². The fourth-order valence-electron chi connectivity index (χ4n) is 2.91. The van der Waals surface area contributed by atoms with Crippen molar-refractivity contribution in [3.05, 3.63) is 71.4 Å². The van der Waals surface area contributed by atoms with Crippen LogP contribution in [-0.4, -0.2) is 9.97 Å². The van der Waals surface area contributed by atoms with Crippen LogP contribution < -0.4 is 5.32 Å². The number of rotatable bonds is 4. The summed E-state index contributed by atoms with van der Waals surface area (Å²) >= 11 is 1.61. The lowest BCUT2D eigenvalue weighted by Crippen LogP contribution is -1.96. The Bertz CT molecular complexity index is 1110. The van der Waals surface area contributed by atoms with Crippen LogP contribution in [0.3, 0.4) is 0 Å². The summed E-state index contributed by atoms with van der Waals surface area (Å²) in [6.45, 7) is 2.15. The SMILES string of the molecule is CCc1ccc(-c2csc3ncnc(Nc4cccc(C#N)c4)c23)cc1. The molecule has 0 aliphatic rings. The molecule has 4 rings (SSSR count). The van der Waals surface area contributed by atoms with Crippen molar-refractivity contribution in [2.45, 2.75) is 13.3 Å². The molecular weight excluding hydrogens is 340 g/mol. The maximum Gasteiger partial charge on any atom is 0.143 e. The van der Waals surface area contributed by atoms with Crippen LogP contribution in [-0.2, 0) is 6.42 Å². The van der Waals surface area contributed by atoms with Gasteiger partial charge in [0.15, 0.2) is 0 Å². The molecule has 0 atom stereocenters. The molecule has 5 heteroatoms. The molecule has 4 aromatic rings. The summed E-state index contributed by atoms with van der Waals surface area (Å²) in [6.07, 6.45) is 2.59. The van der Waals surface area contributed by atoms with Crippen LogP contribution in [0.1, 0.15) is 18.1 Å². The van der Waals surface area contributed by atoms with Crippen LogP contribution in [0, 0.1) is 11.3 Å². The number of aryl methyl sites for hydroxylation is 1. The Hall–Kier alpha value is -3.23. The molecular formula is C21H16N4S. The van der Waals surface area contributed by atoms with Crippen molar-refractivity contribution in [2.24, 2.45) is 0 Å². The Morgan fingerprint density at radius 1 is 1.12 bits per heavy atom. The normalized spacial score (nSPS) is 10.6. The number of nitrogens with zero attached hydrogens (tertiary/aromatic N) is 3. The van der Waals surface area contributed by atoms with E-state index in [2.05, 4.69) is 57.9 Å². The van der Waals surface area contributed by atoms with Gasteiger partial charge in [0.05, 0.1) is 17.0 Å². The van der Waals surface area contributed by atoms with E-state index in [0.29, 0.717) is 5.56 Å². The zero-order chi connectivity index (χ0) is 17.9. The van der Waals surface area contributed by atoms with Crippen LogP contribution in [0.25, 0.3) is 21.3 Å². The highest BCUT2D eigenvalue weighted by molar-refractivity contribution is 7.17. The van der Waals surface area contributed by atoms with Gasteiger partial charge in [0.1, 0.15) is 17.0 Å². The minimum atomic E-state index is 0.612. The molecule has 0 fully saturated rings. The Balaban J connectivity index is 1.80. The number of benzene rings is 2. The van der Waals surface area contributed by atoms with Crippen LogP contribution in [0.5, 0.6) is 0 Å². The van der Waals surface area contributed by atoms with E-state index in [0.717, 1.165) is 39.3 Å². The van der Waals surface area contributed by atoms with Gasteiger partial charge in [-0.2, -0.15) is 5.26 Å². The van der Waals surface area contributed by atoms with Crippen molar-refractivity contribution in [3.63, 3.8) is 0 Å². The first-order valence-corrected chi connectivity index (χ1v) is 9.25. The molecule has 0 aliphatic carbocycles. The van der Waals surface area contributed by atoms with Gasteiger partial charge in [0.25, 0.3) is 0 Å². The van der Waals surface area contributed by atoms with E-state index >= 15 is 0 Å². The summed E-state index contributed by atoms with van der Waals surface area (Å²) in [7, 11) is 0. The monoisotopic (exact) mass is 356 g/mol. The fourth-order valence-corrected chi connectivity index (χ4v) is 3.82. The standard InChI is InChI=1S/C21H16N4S/c1-2-14-6-8-16(9-7-14)18-12-26-21-19(18)20(23-13-24-21)25-17-5-3-4-15(10-17)11-22/h3-10,12-13H,2H2,1H3,(H,23,24,25). The fraction of sp³-hybridized carbons (Fsp3) is 0.0952. The van der Waals surface area contributed by atoms with Gasteiger partial charge < -0.3 is 5.32 Å². The molecule has 0 unspecified atom stereocenters. The van der Waals surface area contributed by atoms with E-state index < -0.39 is 0 Å². The predicted molar refractivity (Wildman–Crippen MR) is 107 cm³/mol. The van der Waals surface area contributed by atoms with Crippen molar-refractivity contribution in [2.75, 3.05) is 5.32 Å². The number of thiophene rings is 1. The molecule has 0 aliphatic heterocycles. The number of fused-ring (bicyclic) bond motifs is 1. The largest absolute Gasteiger partial charge is 0.340 e. The van der Waals surface area contributed by atoms with Crippen molar-refractivity contribution >= 4 is 33.1 Å². The second-order valence-electron chi connectivity index (χ2n) is 5.92. The van der Waals surface area contributed by atoms with Gasteiger partial charge in [-0.3, -0.25) is 0 Å². The number of aromatic nitrogens is 2. The van der Waals surface area contributed by atoms with E-state index in [-0.39, 0.29) is 0 Å². The number of hydrogen-bond donors (Lipinski definition) is 1. The highest BCUT2D eigenvalue weighted by Crippen LogP contribution is 2.37. The number of nitriles is 1. The lowest BCUT2D eigenvalue weighted by molar-refractivity contribution is 1.14. The van der Waals surface area contributed by atoms with Crippen LogP contribution in [0.15, 0.2) is 60.2 Å². The zero-order valence-corrected chi connectivity index (χ0v) is 15.0. The molecule has 2 heterocycles. The third kappa shape index (κ3) is 3.03. The van der Waals surface area contributed by atoms with Gasteiger partial charge in [-0.1, -0.05) is 37.3 Å². The second kappa shape index (κ2) is 6.95. The quantitative estimate of drug-likeness (QED) is 0.522. The van der Waals surface area contributed by atoms with Gasteiger partial charge in [-0.15, -0.1) is 11.3 Å². The molecule has 126 valence electrons. The third-order valence-electron chi connectivity index (χ3n) is 4.30. The first kappa shape index (κ1) is 16.2. The lowest BCUT2D eigenvalue weighted by atomic mass is 10.0. The average Bonchev–Trinajstić information content (AvgIpc) is 3.13. The molecule has 0 saturated heterocycles. The Kier molecular flexibility index (Phi) is 4.34. The molecule has 2 aromatic heterocycles. The predicted octanol–water partition coefficient (Wildman–Crippen LogP) is 5.54. The first-order chi connectivity index (χ1) is 12.8. The maximum atomic E-state index is 9.10. The smallest absolute Gasteiger partial charge is 0.143 e. The molecule has 0 bridgehead atoms. The van der Waals surface area contributed by atoms with Gasteiger partial charge in [0.2, 0.25) is 0 Å². The van der Waals surface area contributed by atoms with Crippen molar-refractivity contribution in [1.29, 1.82) is 5.26 Å². The molecule has 0 radical (unpaired) electrons. The number of hydrogen-bond acceptors (Lipinski definition) is 5. The maximum absolute atomic E-state index is 9.10. The molecule has 2 aromatic carbocycles. The molecule has 0 saturated carbocycles. The van der Waals surface area contributed by atoms with Gasteiger partial charge in [-0.25, -0.2) is 9.97 Å². The summed E-state index contributed by atoms with van der Waals surface area (Å²) in [6, 6.07) is 18.2. The van der Waals surface area contributed by atoms with E-state index in [1.807, 2.05) is 18.2 Å². The third-order valence-corrected chi connectivity index (χ3v) is 5.18. The Morgan fingerprint density at radius 2 is 1.96 bits per heavy atom. The molecule has 26 heavy (non-hydrogen) atoms. The van der Waals surface area contributed by atoms with E-state index in [4.69, 9.17) is 5.26 Å². The molecule has 1 N–H and O–H groups in total. The molecule has 4 nitrogen and oxygen atoms in total. The topological polar surface area (TPSA) is 61.6 Å². The van der Waals surface area contributed by atoms with Crippen molar-refractivity contribution < 1.29 is 0 Å². The Morgan fingerprint density at radius 3 is 2.73 bits per heavy atom. The molecule has 0 amide bonds.